The van der Waals surface area contributed by atoms with Gasteiger partial charge >= 0.3 is 5.97 Å². The summed E-state index contributed by atoms with van der Waals surface area (Å²) in [6.45, 7) is 0. The summed E-state index contributed by atoms with van der Waals surface area (Å²) in [6, 6.07) is 8.48. The largest absolute Gasteiger partial charge is 0.480 e. The molecule has 0 spiro atoms. The Labute approximate surface area is 110 Å². The minimum Gasteiger partial charge on any atom is -0.480 e. The number of aliphatic carboxylic acids is 1. The van der Waals surface area contributed by atoms with E-state index in [0.717, 1.165) is 6.42 Å². The Morgan fingerprint density at radius 3 is 2.68 bits per heavy atom. The zero-order valence-electron chi connectivity index (χ0n) is 10.4. The standard InChI is InChI=1S/C15H15NO3/c17-13(15(5-6-15)14(18)19)16-12-10-7-8-3-1-2-4-9(8)11(10)12/h1-4,10-12H,5-7H2,(H,16,17)(H,18,19). The third kappa shape index (κ3) is 1.40. The van der Waals surface area contributed by atoms with Gasteiger partial charge in [-0.3, -0.25) is 9.59 Å². The van der Waals surface area contributed by atoms with Gasteiger partial charge in [0.2, 0.25) is 5.91 Å². The quantitative estimate of drug-likeness (QED) is 0.802. The maximum Gasteiger partial charge on any atom is 0.319 e. The number of carbonyl (C=O) groups is 2. The molecule has 3 aliphatic carbocycles. The van der Waals surface area contributed by atoms with Crippen molar-refractivity contribution in [2.75, 3.05) is 0 Å². The molecule has 19 heavy (non-hydrogen) atoms. The number of hydrogen-bond donors (Lipinski definition) is 2. The first-order chi connectivity index (χ1) is 9.13. The van der Waals surface area contributed by atoms with Crippen LogP contribution < -0.4 is 5.32 Å². The SMILES string of the molecule is O=C(O)C1(C(=O)NC2C3Cc4ccccc4C32)CC1. The van der Waals surface area contributed by atoms with Crippen LogP contribution in [0, 0.1) is 11.3 Å². The Kier molecular flexibility index (Phi) is 1.96. The van der Waals surface area contributed by atoms with E-state index in [0.29, 0.717) is 24.7 Å². The Bertz CT molecular complexity index is 591. The van der Waals surface area contributed by atoms with Crippen molar-refractivity contribution in [1.29, 1.82) is 0 Å². The van der Waals surface area contributed by atoms with Crippen LogP contribution in [0.2, 0.25) is 0 Å². The van der Waals surface area contributed by atoms with Crippen LogP contribution in [0.5, 0.6) is 0 Å². The summed E-state index contributed by atoms with van der Waals surface area (Å²) in [4.78, 5) is 23.2. The Balaban J connectivity index is 1.48. The van der Waals surface area contributed by atoms with Crippen molar-refractivity contribution in [3.63, 3.8) is 0 Å². The highest BCUT2D eigenvalue weighted by Gasteiger charge is 2.61. The minimum atomic E-state index is -1.11. The smallest absolute Gasteiger partial charge is 0.319 e. The average molecular weight is 257 g/mol. The van der Waals surface area contributed by atoms with Crippen molar-refractivity contribution < 1.29 is 14.7 Å². The summed E-state index contributed by atoms with van der Waals surface area (Å²) in [6.07, 6.45) is 1.96. The van der Waals surface area contributed by atoms with Crippen LogP contribution >= 0.6 is 0 Å². The number of benzene rings is 1. The summed E-state index contributed by atoms with van der Waals surface area (Å²) in [5, 5.41) is 12.1. The molecular weight excluding hydrogens is 242 g/mol. The van der Waals surface area contributed by atoms with E-state index >= 15 is 0 Å². The number of amides is 1. The number of carboxylic acid groups (broad SMARTS) is 1. The van der Waals surface area contributed by atoms with Crippen molar-refractivity contribution in [3.05, 3.63) is 35.4 Å². The third-order valence-electron chi connectivity index (χ3n) is 4.93. The summed E-state index contributed by atoms with van der Waals surface area (Å²) in [5.74, 6) is -0.371. The Morgan fingerprint density at radius 1 is 1.26 bits per heavy atom. The number of hydrogen-bond acceptors (Lipinski definition) is 2. The number of carboxylic acids is 1. The number of fused-ring (bicyclic) bond motifs is 3. The van der Waals surface area contributed by atoms with Gasteiger partial charge in [0.25, 0.3) is 0 Å². The lowest BCUT2D eigenvalue weighted by Gasteiger charge is -2.13. The molecule has 2 fully saturated rings. The van der Waals surface area contributed by atoms with Crippen LogP contribution in [-0.2, 0) is 16.0 Å². The van der Waals surface area contributed by atoms with Gasteiger partial charge in [0.15, 0.2) is 0 Å². The fraction of sp³-hybridized carbons (Fsp3) is 0.467. The second-order valence-electron chi connectivity index (χ2n) is 5.98. The van der Waals surface area contributed by atoms with Gasteiger partial charge in [0.05, 0.1) is 0 Å². The first-order valence-corrected chi connectivity index (χ1v) is 6.76. The molecule has 3 atom stereocenters. The van der Waals surface area contributed by atoms with Crippen LogP contribution in [0.3, 0.4) is 0 Å². The van der Waals surface area contributed by atoms with Crippen molar-refractivity contribution in [1.82, 2.24) is 5.32 Å². The van der Waals surface area contributed by atoms with E-state index < -0.39 is 11.4 Å². The fourth-order valence-corrected chi connectivity index (χ4v) is 3.50. The zero-order chi connectivity index (χ0) is 13.2. The molecule has 1 aromatic carbocycles. The first kappa shape index (κ1) is 11.0. The molecule has 4 heteroatoms. The zero-order valence-corrected chi connectivity index (χ0v) is 10.4. The Hall–Kier alpha value is -1.84. The molecule has 0 radical (unpaired) electrons. The maximum atomic E-state index is 12.1. The van der Waals surface area contributed by atoms with Gasteiger partial charge < -0.3 is 10.4 Å². The van der Waals surface area contributed by atoms with Gasteiger partial charge in [0, 0.05) is 12.0 Å². The van der Waals surface area contributed by atoms with Crippen molar-refractivity contribution >= 4 is 11.9 Å². The van der Waals surface area contributed by atoms with Gasteiger partial charge in [-0.1, -0.05) is 24.3 Å². The molecule has 1 aromatic rings. The van der Waals surface area contributed by atoms with E-state index in [-0.39, 0.29) is 11.9 Å². The highest BCUT2D eigenvalue weighted by atomic mass is 16.4. The minimum absolute atomic E-state index is 0.152. The fourth-order valence-electron chi connectivity index (χ4n) is 3.50. The molecule has 2 saturated carbocycles. The summed E-state index contributed by atoms with van der Waals surface area (Å²) in [7, 11) is 0. The lowest BCUT2D eigenvalue weighted by molar-refractivity contribution is -0.149. The molecule has 4 nitrogen and oxygen atoms in total. The van der Waals surface area contributed by atoms with E-state index in [1.807, 2.05) is 12.1 Å². The number of carbonyl (C=O) groups excluding carboxylic acids is 1. The Morgan fingerprint density at radius 2 is 2.00 bits per heavy atom. The number of nitrogens with one attached hydrogen (secondary N) is 1. The van der Waals surface area contributed by atoms with Gasteiger partial charge in [-0.2, -0.15) is 0 Å². The highest BCUT2D eigenvalue weighted by molar-refractivity contribution is 6.05. The molecule has 98 valence electrons. The molecule has 3 aliphatic rings. The van der Waals surface area contributed by atoms with Gasteiger partial charge in [-0.15, -0.1) is 0 Å². The lowest BCUT2D eigenvalue weighted by Crippen LogP contribution is -2.39. The first-order valence-electron chi connectivity index (χ1n) is 6.76. The molecule has 3 unspecified atom stereocenters. The summed E-state index contributed by atoms with van der Waals surface area (Å²) in [5.41, 5.74) is 1.59. The molecule has 2 N–H and O–H groups in total. The van der Waals surface area contributed by atoms with Crippen LogP contribution in [0.1, 0.15) is 29.9 Å². The molecule has 4 rings (SSSR count). The van der Waals surface area contributed by atoms with E-state index in [1.54, 1.807) is 0 Å². The second-order valence-corrected chi connectivity index (χ2v) is 5.98. The lowest BCUT2D eigenvalue weighted by atomic mass is 10.0. The maximum absolute atomic E-state index is 12.1. The van der Waals surface area contributed by atoms with E-state index in [4.69, 9.17) is 5.11 Å². The molecule has 0 aliphatic heterocycles. The predicted molar refractivity (Wildman–Crippen MR) is 67.6 cm³/mol. The second kappa shape index (κ2) is 3.38. The van der Waals surface area contributed by atoms with Gasteiger partial charge in [-0.05, 0) is 36.3 Å². The van der Waals surface area contributed by atoms with Crippen LogP contribution in [-0.4, -0.2) is 23.0 Å². The van der Waals surface area contributed by atoms with Gasteiger partial charge in [0.1, 0.15) is 5.41 Å². The van der Waals surface area contributed by atoms with Crippen molar-refractivity contribution in [2.24, 2.45) is 11.3 Å². The molecule has 0 saturated heterocycles. The van der Waals surface area contributed by atoms with E-state index in [9.17, 15) is 9.59 Å². The normalized spacial score (nSPS) is 32.1. The van der Waals surface area contributed by atoms with E-state index in [1.165, 1.54) is 11.1 Å². The summed E-state index contributed by atoms with van der Waals surface area (Å²) >= 11 is 0. The highest BCUT2D eigenvalue weighted by Crippen LogP contribution is 2.57. The molecule has 0 heterocycles. The molecule has 0 aromatic heterocycles. The van der Waals surface area contributed by atoms with Gasteiger partial charge in [-0.25, -0.2) is 0 Å². The number of rotatable bonds is 3. The summed E-state index contributed by atoms with van der Waals surface area (Å²) < 4.78 is 0. The van der Waals surface area contributed by atoms with Crippen molar-refractivity contribution in [3.8, 4) is 0 Å². The average Bonchev–Trinajstić information content (AvgIpc) is 3.27. The molecule has 0 bridgehead atoms. The monoisotopic (exact) mass is 257 g/mol. The van der Waals surface area contributed by atoms with E-state index in [2.05, 4.69) is 17.4 Å². The van der Waals surface area contributed by atoms with Crippen LogP contribution in [0.4, 0.5) is 0 Å². The molecular formula is C15H15NO3. The van der Waals surface area contributed by atoms with Crippen molar-refractivity contribution in [2.45, 2.75) is 31.2 Å². The third-order valence-corrected chi connectivity index (χ3v) is 4.93. The molecule has 1 amide bonds. The van der Waals surface area contributed by atoms with Crippen LogP contribution in [0.25, 0.3) is 0 Å². The van der Waals surface area contributed by atoms with Crippen LogP contribution in [0.15, 0.2) is 24.3 Å². The topological polar surface area (TPSA) is 66.4 Å². The predicted octanol–water partition coefficient (Wildman–Crippen LogP) is 1.31.